The molecule has 0 spiro atoms. The predicted molar refractivity (Wildman–Crippen MR) is 42.9 cm³/mol. The number of rotatable bonds is 0. The van der Waals surface area contributed by atoms with Gasteiger partial charge in [-0.1, -0.05) is 5.16 Å². The number of hydrogen-bond donors (Lipinski definition) is 1. The van der Waals surface area contributed by atoms with Crippen LogP contribution < -0.4 is 0 Å². The van der Waals surface area contributed by atoms with Crippen molar-refractivity contribution in [2.45, 2.75) is 36.2 Å². The Bertz CT molecular complexity index is 155. The summed E-state index contributed by atoms with van der Waals surface area (Å²) in [5, 5.41) is 13.4. The summed E-state index contributed by atoms with van der Waals surface area (Å²) in [5.74, 6) is 0. The van der Waals surface area contributed by atoms with Crippen LogP contribution in [0, 0.1) is 0 Å². The molecule has 2 rings (SSSR count). The minimum absolute atomic E-state index is 0.768. The maximum absolute atomic E-state index is 8.53. The lowest BCUT2D eigenvalue weighted by molar-refractivity contribution is 0.316. The first-order valence-electron chi connectivity index (χ1n) is 3.74. The van der Waals surface area contributed by atoms with E-state index in [9.17, 15) is 0 Å². The Morgan fingerprint density at radius 1 is 1.30 bits per heavy atom. The molecule has 2 atom stereocenters. The minimum atomic E-state index is 0.768. The first-order chi connectivity index (χ1) is 4.88. The zero-order valence-corrected chi connectivity index (χ0v) is 6.60. The molecule has 0 aliphatic carbocycles. The van der Waals surface area contributed by atoms with Crippen molar-refractivity contribution in [1.29, 1.82) is 0 Å². The SMILES string of the molecule is ON=C1C[C@H]2CC[C@@H](C1)S2. The summed E-state index contributed by atoms with van der Waals surface area (Å²) in [5.41, 5.74) is 1.02. The van der Waals surface area contributed by atoms with Crippen molar-refractivity contribution in [3.8, 4) is 0 Å². The molecule has 2 fully saturated rings. The average molecular weight is 157 g/mol. The number of thioether (sulfide) groups is 1. The molecular formula is C7H11NOS. The highest BCUT2D eigenvalue weighted by atomic mass is 32.2. The molecule has 10 heavy (non-hydrogen) atoms. The van der Waals surface area contributed by atoms with Gasteiger partial charge in [-0.15, -0.1) is 0 Å². The monoisotopic (exact) mass is 157 g/mol. The fourth-order valence-corrected chi connectivity index (χ4v) is 3.44. The van der Waals surface area contributed by atoms with E-state index < -0.39 is 0 Å². The fraction of sp³-hybridized carbons (Fsp3) is 0.857. The van der Waals surface area contributed by atoms with Crippen LogP contribution in [0.5, 0.6) is 0 Å². The normalized spacial score (nSPS) is 42.6. The molecular weight excluding hydrogens is 146 g/mol. The van der Waals surface area contributed by atoms with E-state index in [1.807, 2.05) is 0 Å². The van der Waals surface area contributed by atoms with Gasteiger partial charge < -0.3 is 5.21 Å². The highest BCUT2D eigenvalue weighted by Gasteiger charge is 2.32. The molecule has 2 saturated heterocycles. The molecule has 3 heteroatoms. The van der Waals surface area contributed by atoms with Gasteiger partial charge in [0.15, 0.2) is 0 Å². The molecule has 1 N–H and O–H groups in total. The Morgan fingerprint density at radius 3 is 2.40 bits per heavy atom. The van der Waals surface area contributed by atoms with Gasteiger partial charge in [0, 0.05) is 23.3 Å². The van der Waals surface area contributed by atoms with E-state index in [0.717, 1.165) is 29.1 Å². The number of fused-ring (bicyclic) bond motifs is 2. The van der Waals surface area contributed by atoms with Crippen LogP contribution in [0.4, 0.5) is 0 Å². The smallest absolute Gasteiger partial charge is 0.0592 e. The summed E-state index contributed by atoms with van der Waals surface area (Å²) in [6.45, 7) is 0. The second kappa shape index (κ2) is 2.46. The Labute approximate surface area is 64.7 Å². The van der Waals surface area contributed by atoms with Gasteiger partial charge in [-0.3, -0.25) is 0 Å². The molecule has 0 radical (unpaired) electrons. The summed E-state index contributed by atoms with van der Waals surface area (Å²) < 4.78 is 0. The zero-order valence-electron chi connectivity index (χ0n) is 5.79. The van der Waals surface area contributed by atoms with Gasteiger partial charge in [0.05, 0.1) is 5.71 Å². The number of hydrogen-bond acceptors (Lipinski definition) is 3. The third-order valence-electron chi connectivity index (χ3n) is 2.26. The summed E-state index contributed by atoms with van der Waals surface area (Å²) in [4.78, 5) is 0. The van der Waals surface area contributed by atoms with Crippen molar-refractivity contribution in [3.05, 3.63) is 0 Å². The molecule has 0 aromatic heterocycles. The van der Waals surface area contributed by atoms with E-state index in [2.05, 4.69) is 16.9 Å². The first kappa shape index (κ1) is 6.53. The Balaban J connectivity index is 2.09. The third-order valence-corrected chi connectivity index (χ3v) is 3.84. The van der Waals surface area contributed by atoms with Gasteiger partial charge in [-0.25, -0.2) is 0 Å². The first-order valence-corrected chi connectivity index (χ1v) is 4.68. The van der Waals surface area contributed by atoms with Crippen molar-refractivity contribution in [2.75, 3.05) is 0 Å². The summed E-state index contributed by atoms with van der Waals surface area (Å²) >= 11 is 2.08. The van der Waals surface area contributed by atoms with E-state index in [1.165, 1.54) is 12.8 Å². The molecule has 2 heterocycles. The van der Waals surface area contributed by atoms with E-state index >= 15 is 0 Å². The van der Waals surface area contributed by atoms with Crippen LogP contribution in [0.25, 0.3) is 0 Å². The number of nitrogens with zero attached hydrogens (tertiary/aromatic N) is 1. The lowest BCUT2D eigenvalue weighted by Crippen LogP contribution is -2.16. The maximum Gasteiger partial charge on any atom is 0.0592 e. The van der Waals surface area contributed by atoms with Crippen LogP contribution in [0.1, 0.15) is 25.7 Å². The number of oxime groups is 1. The maximum atomic E-state index is 8.53. The molecule has 2 nitrogen and oxygen atoms in total. The van der Waals surface area contributed by atoms with Crippen molar-refractivity contribution < 1.29 is 5.21 Å². The fourth-order valence-electron chi connectivity index (χ4n) is 1.77. The third kappa shape index (κ3) is 1.03. The lowest BCUT2D eigenvalue weighted by atomic mass is 10.1. The molecule has 2 aliphatic rings. The van der Waals surface area contributed by atoms with Gasteiger partial charge in [0.2, 0.25) is 0 Å². The van der Waals surface area contributed by atoms with Gasteiger partial charge >= 0.3 is 0 Å². The second-order valence-corrected chi connectivity index (χ2v) is 4.64. The average Bonchev–Trinajstić information content (AvgIpc) is 2.30. The molecule has 0 unspecified atom stereocenters. The quantitative estimate of drug-likeness (QED) is 0.430. The predicted octanol–water partition coefficient (Wildman–Crippen LogP) is 1.87. The Hall–Kier alpha value is -0.180. The molecule has 0 saturated carbocycles. The van der Waals surface area contributed by atoms with Crippen molar-refractivity contribution in [1.82, 2.24) is 0 Å². The van der Waals surface area contributed by atoms with E-state index in [0.29, 0.717) is 0 Å². The van der Waals surface area contributed by atoms with Crippen LogP contribution in [0.3, 0.4) is 0 Å². The van der Waals surface area contributed by atoms with Crippen LogP contribution in [-0.4, -0.2) is 21.4 Å². The largest absolute Gasteiger partial charge is 0.411 e. The topological polar surface area (TPSA) is 32.6 Å². The van der Waals surface area contributed by atoms with Crippen molar-refractivity contribution in [3.63, 3.8) is 0 Å². The molecule has 0 aromatic carbocycles. The highest BCUT2D eigenvalue weighted by Crippen LogP contribution is 2.42. The van der Waals surface area contributed by atoms with Gasteiger partial charge in [-0.2, -0.15) is 11.8 Å². The van der Waals surface area contributed by atoms with Gasteiger partial charge in [0.1, 0.15) is 0 Å². The van der Waals surface area contributed by atoms with Crippen molar-refractivity contribution >= 4 is 17.5 Å². The van der Waals surface area contributed by atoms with E-state index in [4.69, 9.17) is 5.21 Å². The molecule has 2 bridgehead atoms. The molecule has 2 aliphatic heterocycles. The molecule has 0 aromatic rings. The van der Waals surface area contributed by atoms with Crippen molar-refractivity contribution in [2.24, 2.45) is 5.16 Å². The Morgan fingerprint density at radius 2 is 1.90 bits per heavy atom. The standard InChI is InChI=1S/C7H11NOS/c9-8-5-3-6-1-2-7(4-5)10-6/h6-7,9H,1-4H2/t6-,7+. The zero-order chi connectivity index (χ0) is 6.97. The summed E-state index contributed by atoms with van der Waals surface area (Å²) in [7, 11) is 0. The van der Waals surface area contributed by atoms with E-state index in [-0.39, 0.29) is 0 Å². The van der Waals surface area contributed by atoms with Crippen LogP contribution in [0.2, 0.25) is 0 Å². The Kier molecular flexibility index (Phi) is 1.60. The van der Waals surface area contributed by atoms with Gasteiger partial charge in [-0.05, 0) is 12.8 Å². The minimum Gasteiger partial charge on any atom is -0.411 e. The summed E-state index contributed by atoms with van der Waals surface area (Å²) in [6, 6.07) is 0. The summed E-state index contributed by atoms with van der Waals surface area (Å²) in [6.07, 6.45) is 4.71. The highest BCUT2D eigenvalue weighted by molar-refractivity contribution is 8.00. The van der Waals surface area contributed by atoms with Crippen LogP contribution in [-0.2, 0) is 0 Å². The van der Waals surface area contributed by atoms with Gasteiger partial charge in [0.25, 0.3) is 0 Å². The van der Waals surface area contributed by atoms with Crippen LogP contribution in [0.15, 0.2) is 5.16 Å². The lowest BCUT2D eigenvalue weighted by Gasteiger charge is -2.18. The second-order valence-electron chi connectivity index (χ2n) is 3.03. The van der Waals surface area contributed by atoms with E-state index in [1.54, 1.807) is 0 Å². The van der Waals surface area contributed by atoms with Crippen LogP contribution >= 0.6 is 11.8 Å². The molecule has 0 amide bonds. The molecule has 56 valence electrons.